The molecular formula is C9H15N3O2S. The Morgan fingerprint density at radius 1 is 1.47 bits per heavy atom. The molecule has 1 heterocycles. The van der Waals surface area contributed by atoms with E-state index in [1.807, 2.05) is 13.8 Å². The van der Waals surface area contributed by atoms with Gasteiger partial charge in [0.05, 0.1) is 17.6 Å². The number of aromatic nitrogens is 1. The molecule has 0 aliphatic carbocycles. The minimum absolute atomic E-state index is 0.0799. The van der Waals surface area contributed by atoms with Crippen LogP contribution in [0.1, 0.15) is 13.8 Å². The molecule has 0 aromatic carbocycles. The lowest BCUT2D eigenvalue weighted by Crippen LogP contribution is -2.20. The molecule has 1 aromatic heterocycles. The predicted octanol–water partition coefficient (Wildman–Crippen LogP) is 1.06. The molecule has 15 heavy (non-hydrogen) atoms. The third-order valence-electron chi connectivity index (χ3n) is 1.60. The number of nitrogens with one attached hydrogen (secondary N) is 1. The van der Waals surface area contributed by atoms with Crippen LogP contribution in [-0.2, 0) is 10.0 Å². The second-order valence-electron chi connectivity index (χ2n) is 3.75. The first-order valence-corrected chi connectivity index (χ1v) is 6.26. The second kappa shape index (κ2) is 4.48. The number of hydrogen-bond donors (Lipinski definition) is 2. The summed E-state index contributed by atoms with van der Waals surface area (Å²) in [4.78, 5) is 3.86. The van der Waals surface area contributed by atoms with Crippen LogP contribution in [0.3, 0.4) is 0 Å². The number of pyridine rings is 1. The molecule has 5 nitrogen and oxygen atoms in total. The number of nitrogens with two attached hydrogens (primary N) is 1. The van der Waals surface area contributed by atoms with Crippen molar-refractivity contribution in [1.82, 2.24) is 4.98 Å². The summed E-state index contributed by atoms with van der Waals surface area (Å²) in [6, 6.07) is 3.13. The quantitative estimate of drug-likeness (QED) is 0.808. The van der Waals surface area contributed by atoms with Gasteiger partial charge in [0.25, 0.3) is 0 Å². The van der Waals surface area contributed by atoms with Crippen LogP contribution in [0.2, 0.25) is 0 Å². The van der Waals surface area contributed by atoms with Gasteiger partial charge < -0.3 is 5.73 Å². The van der Waals surface area contributed by atoms with Crippen molar-refractivity contribution in [2.45, 2.75) is 13.8 Å². The van der Waals surface area contributed by atoms with Gasteiger partial charge in [-0.25, -0.2) is 13.4 Å². The smallest absolute Gasteiger partial charge is 0.234 e. The van der Waals surface area contributed by atoms with Crippen molar-refractivity contribution in [3.05, 3.63) is 18.3 Å². The van der Waals surface area contributed by atoms with Crippen LogP contribution in [0.4, 0.5) is 11.5 Å². The van der Waals surface area contributed by atoms with E-state index < -0.39 is 10.0 Å². The summed E-state index contributed by atoms with van der Waals surface area (Å²) in [6.07, 6.45) is 1.41. The average Bonchev–Trinajstić information content (AvgIpc) is 2.06. The minimum Gasteiger partial charge on any atom is -0.397 e. The molecule has 84 valence electrons. The maximum absolute atomic E-state index is 11.5. The van der Waals surface area contributed by atoms with Crippen LogP contribution in [0, 0.1) is 5.92 Å². The molecule has 0 spiro atoms. The first-order chi connectivity index (χ1) is 6.89. The van der Waals surface area contributed by atoms with E-state index in [0.717, 1.165) is 0 Å². The van der Waals surface area contributed by atoms with Gasteiger partial charge in [-0.15, -0.1) is 0 Å². The van der Waals surface area contributed by atoms with Crippen LogP contribution < -0.4 is 10.5 Å². The summed E-state index contributed by atoms with van der Waals surface area (Å²) in [6.45, 7) is 3.69. The molecule has 1 rings (SSSR count). The van der Waals surface area contributed by atoms with Crippen LogP contribution in [0.5, 0.6) is 0 Å². The molecule has 0 aliphatic heterocycles. The van der Waals surface area contributed by atoms with Gasteiger partial charge >= 0.3 is 0 Å². The molecule has 0 atom stereocenters. The summed E-state index contributed by atoms with van der Waals surface area (Å²) in [5.41, 5.74) is 5.93. The van der Waals surface area contributed by atoms with Gasteiger partial charge in [0.15, 0.2) is 0 Å². The Morgan fingerprint density at radius 2 is 2.13 bits per heavy atom. The largest absolute Gasteiger partial charge is 0.397 e. The standard InChI is InChI=1S/C9H15N3O2S/c1-7(2)6-15(13,14)12-9-4-3-8(10)5-11-9/h3-5,7H,6,10H2,1-2H3,(H,11,12). The van der Waals surface area contributed by atoms with Gasteiger partial charge in [0.2, 0.25) is 10.0 Å². The van der Waals surface area contributed by atoms with E-state index in [1.165, 1.54) is 12.3 Å². The van der Waals surface area contributed by atoms with Gasteiger partial charge in [0, 0.05) is 0 Å². The third kappa shape index (κ3) is 4.16. The molecule has 0 amide bonds. The molecule has 0 saturated carbocycles. The number of rotatable bonds is 4. The van der Waals surface area contributed by atoms with Gasteiger partial charge in [-0.1, -0.05) is 13.8 Å². The lowest BCUT2D eigenvalue weighted by Gasteiger charge is -2.08. The minimum atomic E-state index is -3.30. The van der Waals surface area contributed by atoms with Crippen LogP contribution in [-0.4, -0.2) is 19.2 Å². The molecule has 0 unspecified atom stereocenters. The fraction of sp³-hybridized carbons (Fsp3) is 0.444. The van der Waals surface area contributed by atoms with Gasteiger partial charge in [-0.2, -0.15) is 0 Å². The maximum Gasteiger partial charge on any atom is 0.234 e. The normalized spacial score (nSPS) is 11.7. The summed E-state index contributed by atoms with van der Waals surface area (Å²) in [7, 11) is -3.30. The predicted molar refractivity (Wildman–Crippen MR) is 60.9 cm³/mol. The molecule has 3 N–H and O–H groups in total. The van der Waals surface area contributed by atoms with E-state index in [1.54, 1.807) is 6.07 Å². The van der Waals surface area contributed by atoms with Crippen molar-refractivity contribution in [3.63, 3.8) is 0 Å². The maximum atomic E-state index is 11.5. The zero-order chi connectivity index (χ0) is 11.5. The fourth-order valence-electron chi connectivity index (χ4n) is 1.11. The fourth-order valence-corrected chi connectivity index (χ4v) is 2.51. The number of sulfonamides is 1. The highest BCUT2D eigenvalue weighted by Crippen LogP contribution is 2.09. The highest BCUT2D eigenvalue weighted by molar-refractivity contribution is 7.92. The lowest BCUT2D eigenvalue weighted by molar-refractivity contribution is 0.587. The Hall–Kier alpha value is -1.30. The van der Waals surface area contributed by atoms with Gasteiger partial charge in [0.1, 0.15) is 5.82 Å². The molecule has 0 fully saturated rings. The van der Waals surface area contributed by atoms with Gasteiger partial charge in [-0.3, -0.25) is 4.72 Å². The van der Waals surface area contributed by atoms with Crippen molar-refractivity contribution in [2.24, 2.45) is 5.92 Å². The topological polar surface area (TPSA) is 85.1 Å². The van der Waals surface area contributed by atoms with Crippen LogP contribution >= 0.6 is 0 Å². The summed E-state index contributed by atoms with van der Waals surface area (Å²) in [5.74, 6) is 0.458. The molecule has 0 radical (unpaired) electrons. The summed E-state index contributed by atoms with van der Waals surface area (Å²) in [5, 5.41) is 0. The number of nitrogens with zero attached hydrogens (tertiary/aromatic N) is 1. The van der Waals surface area contributed by atoms with Crippen molar-refractivity contribution >= 4 is 21.5 Å². The van der Waals surface area contributed by atoms with E-state index in [-0.39, 0.29) is 11.7 Å². The molecule has 0 bridgehead atoms. The molecule has 0 saturated heterocycles. The monoisotopic (exact) mass is 229 g/mol. The van der Waals surface area contributed by atoms with E-state index in [4.69, 9.17) is 5.73 Å². The van der Waals surface area contributed by atoms with E-state index in [9.17, 15) is 8.42 Å². The van der Waals surface area contributed by atoms with Crippen LogP contribution in [0.25, 0.3) is 0 Å². The Kier molecular flexibility index (Phi) is 3.52. The Labute approximate surface area is 89.8 Å². The molecule has 1 aromatic rings. The number of hydrogen-bond acceptors (Lipinski definition) is 4. The first-order valence-electron chi connectivity index (χ1n) is 4.61. The highest BCUT2D eigenvalue weighted by atomic mass is 32.2. The van der Waals surface area contributed by atoms with Crippen molar-refractivity contribution in [2.75, 3.05) is 16.2 Å². The summed E-state index contributed by atoms with van der Waals surface area (Å²) >= 11 is 0. The number of nitrogen functional groups attached to an aromatic ring is 1. The lowest BCUT2D eigenvalue weighted by atomic mass is 10.3. The first kappa shape index (κ1) is 11.8. The van der Waals surface area contributed by atoms with E-state index in [0.29, 0.717) is 11.5 Å². The SMILES string of the molecule is CC(C)CS(=O)(=O)Nc1ccc(N)cn1. The Morgan fingerprint density at radius 3 is 2.60 bits per heavy atom. The Balaban J connectivity index is 2.73. The van der Waals surface area contributed by atoms with Crippen molar-refractivity contribution in [3.8, 4) is 0 Å². The van der Waals surface area contributed by atoms with Crippen molar-refractivity contribution in [1.29, 1.82) is 0 Å². The van der Waals surface area contributed by atoms with Crippen LogP contribution in [0.15, 0.2) is 18.3 Å². The van der Waals surface area contributed by atoms with E-state index in [2.05, 4.69) is 9.71 Å². The zero-order valence-corrected chi connectivity index (χ0v) is 9.58. The zero-order valence-electron chi connectivity index (χ0n) is 8.77. The Bertz CT molecular complexity index is 411. The van der Waals surface area contributed by atoms with Gasteiger partial charge in [-0.05, 0) is 18.1 Å². The molecular weight excluding hydrogens is 214 g/mol. The van der Waals surface area contributed by atoms with E-state index >= 15 is 0 Å². The number of anilines is 2. The summed E-state index contributed by atoms with van der Waals surface area (Å²) < 4.78 is 25.4. The molecule has 0 aliphatic rings. The highest BCUT2D eigenvalue weighted by Gasteiger charge is 2.12. The average molecular weight is 229 g/mol. The van der Waals surface area contributed by atoms with Crippen molar-refractivity contribution < 1.29 is 8.42 Å². The second-order valence-corrected chi connectivity index (χ2v) is 5.52. The molecule has 6 heteroatoms. The third-order valence-corrected chi connectivity index (χ3v) is 3.22.